The molecule has 0 fully saturated rings. The van der Waals surface area contributed by atoms with Gasteiger partial charge in [-0.1, -0.05) is 30.3 Å². The number of hydrogen-bond acceptors (Lipinski definition) is 3. The topological polar surface area (TPSA) is 71.3 Å². The van der Waals surface area contributed by atoms with Gasteiger partial charge in [0.1, 0.15) is 11.3 Å². The zero-order valence-electron chi connectivity index (χ0n) is 13.4. The highest BCUT2D eigenvalue weighted by Gasteiger charge is 2.22. The van der Waals surface area contributed by atoms with Gasteiger partial charge in [0.25, 0.3) is 5.91 Å². The van der Waals surface area contributed by atoms with Crippen LogP contribution in [-0.4, -0.2) is 17.7 Å². The lowest BCUT2D eigenvalue weighted by Gasteiger charge is -2.07. The van der Waals surface area contributed by atoms with Gasteiger partial charge in [0.05, 0.1) is 0 Å². The van der Waals surface area contributed by atoms with Crippen molar-refractivity contribution in [2.45, 2.75) is 12.8 Å². The Morgan fingerprint density at radius 3 is 2.44 bits per heavy atom. The highest BCUT2D eigenvalue weighted by molar-refractivity contribution is 6.18. The average molecular weight is 357 g/mol. The first-order chi connectivity index (χ1) is 12.2. The number of benzene rings is 2. The maximum Gasteiger partial charge on any atom is 0.293 e. The molecule has 128 valence electrons. The number of anilines is 2. The molecule has 0 saturated heterocycles. The Hall–Kier alpha value is -2.79. The number of halogens is 1. The first-order valence-electron chi connectivity index (χ1n) is 7.93. The predicted molar refractivity (Wildman–Crippen MR) is 99.2 cm³/mol. The number of rotatable bonds is 6. The van der Waals surface area contributed by atoms with E-state index in [1.54, 1.807) is 24.3 Å². The molecular formula is C19H17ClN2O3. The predicted octanol–water partition coefficient (Wildman–Crippen LogP) is 4.64. The van der Waals surface area contributed by atoms with Gasteiger partial charge < -0.3 is 15.1 Å². The largest absolute Gasteiger partial charge is 0.449 e. The van der Waals surface area contributed by atoms with E-state index in [0.29, 0.717) is 34.6 Å². The summed E-state index contributed by atoms with van der Waals surface area (Å²) in [6.07, 6.45) is 0.845. The molecule has 2 N–H and O–H groups in total. The molecule has 2 amide bonds. The van der Waals surface area contributed by atoms with Gasteiger partial charge in [-0.3, -0.25) is 9.59 Å². The Bertz CT molecular complexity index is 890. The van der Waals surface area contributed by atoms with Crippen molar-refractivity contribution in [3.05, 3.63) is 60.4 Å². The summed E-state index contributed by atoms with van der Waals surface area (Å²) in [6, 6.07) is 16.2. The average Bonchev–Trinajstić information content (AvgIpc) is 2.99. The van der Waals surface area contributed by atoms with Gasteiger partial charge in [-0.25, -0.2) is 0 Å². The van der Waals surface area contributed by atoms with Gasteiger partial charge in [0.15, 0.2) is 0 Å². The molecule has 5 nitrogen and oxygen atoms in total. The summed E-state index contributed by atoms with van der Waals surface area (Å²) >= 11 is 5.63. The van der Waals surface area contributed by atoms with Crippen molar-refractivity contribution in [2.75, 3.05) is 16.5 Å². The molecule has 3 aromatic rings. The number of hydrogen-bond donors (Lipinski definition) is 2. The summed E-state index contributed by atoms with van der Waals surface area (Å²) in [5, 5.41) is 6.23. The number of fused-ring (bicyclic) bond motifs is 1. The maximum absolute atomic E-state index is 12.6. The van der Waals surface area contributed by atoms with Gasteiger partial charge in [-0.15, -0.1) is 11.6 Å². The first kappa shape index (κ1) is 17.0. The van der Waals surface area contributed by atoms with E-state index in [9.17, 15) is 9.59 Å². The van der Waals surface area contributed by atoms with Crippen molar-refractivity contribution < 1.29 is 14.0 Å². The maximum atomic E-state index is 12.6. The summed E-state index contributed by atoms with van der Waals surface area (Å²) in [6.45, 7) is 0. The van der Waals surface area contributed by atoms with E-state index in [2.05, 4.69) is 10.6 Å². The summed E-state index contributed by atoms with van der Waals surface area (Å²) in [5.74, 6) is -0.152. The van der Waals surface area contributed by atoms with Crippen LogP contribution < -0.4 is 10.6 Å². The van der Waals surface area contributed by atoms with Gasteiger partial charge in [-0.05, 0) is 30.7 Å². The van der Waals surface area contributed by atoms with Crippen LogP contribution in [0.25, 0.3) is 11.0 Å². The molecule has 25 heavy (non-hydrogen) atoms. The van der Waals surface area contributed by atoms with Crippen LogP contribution in [0.5, 0.6) is 0 Å². The normalized spacial score (nSPS) is 10.6. The van der Waals surface area contributed by atoms with E-state index in [-0.39, 0.29) is 18.1 Å². The molecule has 0 atom stereocenters. The lowest BCUT2D eigenvalue weighted by atomic mass is 10.2. The molecule has 0 bridgehead atoms. The van der Waals surface area contributed by atoms with Crippen molar-refractivity contribution in [3.63, 3.8) is 0 Å². The third-order valence-corrected chi connectivity index (χ3v) is 3.90. The molecular weight excluding hydrogens is 340 g/mol. The second kappa shape index (κ2) is 7.85. The lowest BCUT2D eigenvalue weighted by Crippen LogP contribution is -2.17. The zero-order valence-corrected chi connectivity index (χ0v) is 14.2. The van der Waals surface area contributed by atoms with Crippen LogP contribution in [0, 0.1) is 0 Å². The standard InChI is InChI=1S/C19H17ClN2O3/c20-12-6-11-16(23)22-17-14-9-4-5-10-15(14)25-18(17)19(24)21-13-7-2-1-3-8-13/h1-5,7-10H,6,11-12H2,(H,21,24)(H,22,23). The number of nitrogens with one attached hydrogen (secondary N) is 2. The van der Waals surface area contributed by atoms with Crippen LogP contribution in [0.15, 0.2) is 59.0 Å². The number of carbonyl (C=O) groups excluding carboxylic acids is 2. The summed E-state index contributed by atoms with van der Waals surface area (Å²) in [7, 11) is 0. The van der Waals surface area contributed by atoms with Crippen molar-refractivity contribution in [1.82, 2.24) is 0 Å². The summed E-state index contributed by atoms with van der Waals surface area (Å²) < 4.78 is 5.69. The molecule has 0 aliphatic rings. The van der Waals surface area contributed by atoms with E-state index in [1.165, 1.54) is 0 Å². The highest BCUT2D eigenvalue weighted by Crippen LogP contribution is 2.31. The molecule has 0 saturated carbocycles. The summed E-state index contributed by atoms with van der Waals surface area (Å²) in [4.78, 5) is 24.7. The first-order valence-corrected chi connectivity index (χ1v) is 8.46. The Kier molecular flexibility index (Phi) is 5.36. The van der Waals surface area contributed by atoms with Gasteiger partial charge >= 0.3 is 0 Å². The van der Waals surface area contributed by atoms with Crippen LogP contribution in [0.4, 0.5) is 11.4 Å². The number of alkyl halides is 1. The molecule has 0 aliphatic heterocycles. The van der Waals surface area contributed by atoms with Crippen molar-refractivity contribution in [3.8, 4) is 0 Å². The summed E-state index contributed by atoms with van der Waals surface area (Å²) in [5.41, 5.74) is 1.56. The van der Waals surface area contributed by atoms with Crippen LogP contribution in [0.3, 0.4) is 0 Å². The van der Waals surface area contributed by atoms with Gasteiger partial charge in [0.2, 0.25) is 11.7 Å². The lowest BCUT2D eigenvalue weighted by molar-refractivity contribution is -0.116. The van der Waals surface area contributed by atoms with E-state index in [0.717, 1.165) is 0 Å². The van der Waals surface area contributed by atoms with E-state index in [4.69, 9.17) is 16.0 Å². The Morgan fingerprint density at radius 2 is 1.68 bits per heavy atom. The van der Waals surface area contributed by atoms with Crippen LogP contribution in [0.1, 0.15) is 23.4 Å². The van der Waals surface area contributed by atoms with Crippen molar-refractivity contribution >= 4 is 45.8 Å². The number of amides is 2. The molecule has 6 heteroatoms. The second-order valence-corrected chi connectivity index (χ2v) is 5.84. The SMILES string of the molecule is O=C(CCCCl)Nc1c(C(=O)Nc2ccccc2)oc2ccccc12. The minimum Gasteiger partial charge on any atom is -0.449 e. The zero-order chi connectivity index (χ0) is 17.6. The smallest absolute Gasteiger partial charge is 0.293 e. The minimum atomic E-state index is -0.421. The molecule has 1 aromatic heterocycles. The van der Waals surface area contributed by atoms with Crippen molar-refractivity contribution in [1.29, 1.82) is 0 Å². The Labute approximate surface area is 150 Å². The van der Waals surface area contributed by atoms with E-state index < -0.39 is 5.91 Å². The van der Waals surface area contributed by atoms with Crippen LogP contribution in [-0.2, 0) is 4.79 Å². The van der Waals surface area contributed by atoms with Crippen LogP contribution in [0.2, 0.25) is 0 Å². The molecule has 0 spiro atoms. The quantitative estimate of drug-likeness (QED) is 0.632. The highest BCUT2D eigenvalue weighted by atomic mass is 35.5. The molecule has 0 radical (unpaired) electrons. The van der Waals surface area contributed by atoms with Crippen molar-refractivity contribution in [2.24, 2.45) is 0 Å². The monoisotopic (exact) mass is 356 g/mol. The third-order valence-electron chi connectivity index (χ3n) is 3.64. The number of carbonyl (C=O) groups is 2. The van der Waals surface area contributed by atoms with E-state index in [1.807, 2.05) is 30.3 Å². The molecule has 0 aliphatic carbocycles. The second-order valence-electron chi connectivity index (χ2n) is 5.46. The number of para-hydroxylation sites is 2. The third kappa shape index (κ3) is 4.00. The fourth-order valence-electron chi connectivity index (χ4n) is 2.47. The Morgan fingerprint density at radius 1 is 0.960 bits per heavy atom. The van der Waals surface area contributed by atoms with Crippen LogP contribution >= 0.6 is 11.6 Å². The fraction of sp³-hybridized carbons (Fsp3) is 0.158. The molecule has 2 aromatic carbocycles. The fourth-order valence-corrected chi connectivity index (χ4v) is 2.60. The molecule has 0 unspecified atom stereocenters. The minimum absolute atomic E-state index is 0.0734. The molecule has 1 heterocycles. The molecule has 3 rings (SSSR count). The Balaban J connectivity index is 1.92. The van der Waals surface area contributed by atoms with Gasteiger partial charge in [0, 0.05) is 23.4 Å². The number of furan rings is 1. The van der Waals surface area contributed by atoms with Gasteiger partial charge in [-0.2, -0.15) is 0 Å². The van der Waals surface area contributed by atoms with E-state index >= 15 is 0 Å².